The number of thiazole rings is 6. The summed E-state index contributed by atoms with van der Waals surface area (Å²) in [6.07, 6.45) is 0.853. The summed E-state index contributed by atoms with van der Waals surface area (Å²) in [7, 11) is 2.95. The van der Waals surface area contributed by atoms with Crippen LogP contribution in [0.25, 0.3) is 43.4 Å². The molecule has 0 unspecified atom stereocenters. The fraction of sp³-hybridized carbons (Fsp3) is 0.410. The molecule has 482 valence electrons. The Balaban J connectivity index is 0.911. The van der Waals surface area contributed by atoms with Crippen LogP contribution in [0, 0.1) is 24.7 Å². The van der Waals surface area contributed by atoms with Crippen LogP contribution in [0.15, 0.2) is 64.0 Å². The van der Waals surface area contributed by atoms with Gasteiger partial charge in [0.25, 0.3) is 17.7 Å². The van der Waals surface area contributed by atoms with Gasteiger partial charge in [0, 0.05) is 90.7 Å². The van der Waals surface area contributed by atoms with Crippen molar-refractivity contribution in [1.82, 2.24) is 71.3 Å². The lowest BCUT2D eigenvalue weighted by Gasteiger charge is -2.37. The van der Waals surface area contributed by atoms with Crippen molar-refractivity contribution < 1.29 is 48.5 Å². The van der Waals surface area contributed by atoms with Crippen LogP contribution in [0.5, 0.6) is 0 Å². The maximum absolute atomic E-state index is 14.4. The summed E-state index contributed by atoms with van der Waals surface area (Å²) in [6.45, 7) is 8.36. The van der Waals surface area contributed by atoms with Crippen molar-refractivity contribution in [2.24, 2.45) is 17.8 Å². The van der Waals surface area contributed by atoms with E-state index in [9.17, 15) is 43.8 Å². The first-order valence-electron chi connectivity index (χ1n) is 29.8. The predicted octanol–water partition coefficient (Wildman–Crippen LogP) is 7.19. The molecular weight excluding hydrogens is 1300 g/mol. The number of aromatic nitrogens is 7. The number of hydrogen-bond donors (Lipinski definition) is 8. The maximum Gasteiger partial charge on any atom is 0.271 e. The highest BCUT2D eigenvalue weighted by atomic mass is 32.1. The number of nitrogens with zero attached hydrogens (tertiary/aromatic N) is 9. The van der Waals surface area contributed by atoms with Crippen molar-refractivity contribution >= 4 is 115 Å². The largest absolute Gasteiger partial charge is 0.395 e. The molecule has 0 spiro atoms. The highest BCUT2D eigenvalue weighted by Gasteiger charge is 2.36. The molecule has 1 aromatic carbocycles. The summed E-state index contributed by atoms with van der Waals surface area (Å²) in [5.74, 6) is -3.25. The van der Waals surface area contributed by atoms with Crippen LogP contribution in [-0.4, -0.2) is 156 Å². The molecule has 25 nitrogen and oxygen atoms in total. The predicted molar refractivity (Wildman–Crippen MR) is 351 cm³/mol. The number of amides is 7. The van der Waals surface area contributed by atoms with Gasteiger partial charge in [-0.2, -0.15) is 0 Å². The van der Waals surface area contributed by atoms with Gasteiger partial charge in [-0.1, -0.05) is 44.2 Å². The number of carbonyl (C=O) groups is 7. The molecule has 3 aliphatic rings. The number of methoxy groups -OCH3 is 1. The summed E-state index contributed by atoms with van der Waals surface area (Å²) < 4.78 is 5.46. The number of nitrogens with one attached hydrogen (secondary N) is 6. The zero-order valence-electron chi connectivity index (χ0n) is 50.7. The van der Waals surface area contributed by atoms with Gasteiger partial charge in [-0.15, -0.1) is 68.0 Å². The summed E-state index contributed by atoms with van der Waals surface area (Å²) >= 11 is 7.26. The van der Waals surface area contributed by atoms with E-state index < -0.39 is 60.3 Å². The molecule has 9 heterocycles. The van der Waals surface area contributed by atoms with E-state index in [1.807, 2.05) is 24.8 Å². The van der Waals surface area contributed by atoms with Gasteiger partial charge >= 0.3 is 0 Å². The number of aliphatic hydroxyl groups excluding tert-OH is 2. The Hall–Kier alpha value is -7.72. The Kier molecular flexibility index (Phi) is 21.1. The van der Waals surface area contributed by atoms with Crippen LogP contribution in [0.2, 0.25) is 0 Å². The van der Waals surface area contributed by atoms with Gasteiger partial charge in [0.15, 0.2) is 0 Å². The smallest absolute Gasteiger partial charge is 0.271 e. The van der Waals surface area contributed by atoms with Gasteiger partial charge in [0.05, 0.1) is 48.8 Å². The second kappa shape index (κ2) is 29.5. The van der Waals surface area contributed by atoms with Crippen molar-refractivity contribution in [1.29, 1.82) is 0 Å². The normalized spacial score (nSPS) is 19.7. The van der Waals surface area contributed by atoms with Crippen LogP contribution < -0.4 is 31.9 Å². The monoisotopic (exact) mass is 1360 g/mol. The second-order valence-electron chi connectivity index (χ2n) is 22.6. The molecule has 11 rings (SSSR count). The molecule has 4 atom stereocenters. The summed E-state index contributed by atoms with van der Waals surface area (Å²) in [5, 5.41) is 47.8. The van der Waals surface area contributed by atoms with E-state index in [1.165, 1.54) is 70.8 Å². The first-order valence-corrected chi connectivity index (χ1v) is 35.0. The van der Waals surface area contributed by atoms with Gasteiger partial charge in [-0.05, 0) is 56.2 Å². The number of aryl methyl sites for hydroxylation is 1. The third kappa shape index (κ3) is 15.0. The van der Waals surface area contributed by atoms with E-state index in [4.69, 9.17) is 39.6 Å². The van der Waals surface area contributed by atoms with E-state index in [2.05, 4.69) is 36.8 Å². The van der Waals surface area contributed by atoms with Gasteiger partial charge in [0.1, 0.15) is 82.2 Å². The van der Waals surface area contributed by atoms with E-state index in [-0.39, 0.29) is 66.3 Å². The number of fused-ring (bicyclic) bond motifs is 14. The Morgan fingerprint density at radius 3 is 2.12 bits per heavy atom. The zero-order valence-corrected chi connectivity index (χ0v) is 55.6. The molecule has 10 bridgehead atoms. The number of piperazine rings is 1. The molecule has 7 aromatic heterocycles. The summed E-state index contributed by atoms with van der Waals surface area (Å²) in [6, 6.07) is 9.57. The van der Waals surface area contributed by atoms with Crippen LogP contribution in [0.4, 0.5) is 5.82 Å². The number of β-amino-alcohol motifs (C(OH)–C–C–N with tert-alkyl or cyclic N) is 1. The third-order valence-electron chi connectivity index (χ3n) is 16.0. The molecule has 1 saturated heterocycles. The lowest BCUT2D eigenvalue weighted by atomic mass is 9.81. The minimum Gasteiger partial charge on any atom is -0.395 e. The van der Waals surface area contributed by atoms with E-state index in [1.54, 1.807) is 64.8 Å². The van der Waals surface area contributed by atoms with Crippen molar-refractivity contribution in [3.05, 3.63) is 111 Å². The number of pyridine rings is 1. The standard InChI is InChI=1S/C61H67N15O10S6/c1-30(2)45-60-74-48(41(92-60)25-86-5)53(83)63-24-44(79)71-49(50(80)32-9-7-6-8-10-32)59-68-40(28-89-59)57-66-38(26-88-57)47-35(55-67-39(27-87-55)52(82)65-37(23-43(78)62-4)58-73-46(31(3)91-58)54(84)72-45)15-16-36(64-47)56-70-42(29-90-56)69-51(81)33-11-13-34(14-12-33)61(85)76-19-17-75(18-20-76)21-22-77/h6-10,15-16,26-30,33-34,37,45,49-50,77,80H,11-14,17-25H2,1-5H3,(H,62,78)(H,63,83)(H,65,82)(H,69,81)(H,71,79)(H,72,84)/t33?,34?,37-,45-,49-,50-/m0/s1. The fourth-order valence-corrected chi connectivity index (χ4v) is 16.6. The molecule has 2 aliphatic heterocycles. The topological polar surface area (TPSA) is 338 Å². The fourth-order valence-electron chi connectivity index (χ4n) is 11.1. The van der Waals surface area contributed by atoms with Crippen LogP contribution >= 0.6 is 68.0 Å². The molecule has 8 aromatic rings. The number of ether oxygens (including phenoxy) is 1. The Labute approximate surface area is 553 Å². The Bertz CT molecular complexity index is 4000. The number of benzene rings is 1. The highest BCUT2D eigenvalue weighted by molar-refractivity contribution is 7.15. The number of hydrogen-bond acceptors (Lipinski definition) is 24. The van der Waals surface area contributed by atoms with Crippen molar-refractivity contribution in [3.8, 4) is 43.4 Å². The molecular formula is C61H67N15O10S6. The van der Waals surface area contributed by atoms with Crippen LogP contribution in [-0.2, 0) is 30.5 Å². The minimum atomic E-state index is -1.28. The third-order valence-corrected chi connectivity index (χ3v) is 21.8. The molecule has 92 heavy (non-hydrogen) atoms. The van der Waals surface area contributed by atoms with Crippen molar-refractivity contribution in [3.63, 3.8) is 0 Å². The molecule has 2 fully saturated rings. The quantitative estimate of drug-likeness (QED) is 0.0566. The molecule has 8 N–H and O–H groups in total. The molecule has 1 saturated carbocycles. The number of carbonyl (C=O) groups excluding carboxylic acids is 7. The van der Waals surface area contributed by atoms with Crippen molar-refractivity contribution in [2.45, 2.75) is 83.7 Å². The van der Waals surface area contributed by atoms with Gasteiger partial charge < -0.3 is 51.8 Å². The van der Waals surface area contributed by atoms with Crippen molar-refractivity contribution in [2.75, 3.05) is 65.3 Å². The first-order chi connectivity index (χ1) is 44.4. The van der Waals surface area contributed by atoms with E-state index in [0.29, 0.717) is 125 Å². The lowest BCUT2D eigenvalue weighted by molar-refractivity contribution is -0.139. The van der Waals surface area contributed by atoms with Gasteiger partial charge in [-0.25, -0.2) is 34.9 Å². The number of anilines is 1. The first kappa shape index (κ1) is 65.8. The number of aliphatic hydroxyl groups is 2. The van der Waals surface area contributed by atoms with Crippen LogP contribution in [0.3, 0.4) is 0 Å². The van der Waals surface area contributed by atoms with E-state index in [0.717, 1.165) is 24.4 Å². The molecule has 7 amide bonds. The molecule has 31 heteroatoms. The lowest BCUT2D eigenvalue weighted by Crippen LogP contribution is -2.51. The van der Waals surface area contributed by atoms with Gasteiger partial charge in [0.2, 0.25) is 23.6 Å². The average Bonchev–Trinajstić information content (AvgIpc) is 1.60. The molecule has 1 aliphatic carbocycles. The minimum absolute atomic E-state index is 0.00114. The maximum atomic E-state index is 14.4. The SMILES string of the molecule is CNC(=O)C[C@@H]1NC(=O)c2csc(n2)-c2ccc(-c3nc(NC(=O)C4CCC(C(=O)N5CCN(CCO)CC5)CC4)cs3)nc2-c2csc(n2)-c2csc(n2)[C@H]([C@@H](O)c2ccccc2)NC(=O)CNC(=O)c2nc(sc2COC)[C@H](C(C)C)NC(=O)c2nc1sc2C. The average molecular weight is 1360 g/mol. The summed E-state index contributed by atoms with van der Waals surface area (Å²) in [4.78, 5) is 136. The van der Waals surface area contributed by atoms with E-state index >= 15 is 0 Å². The van der Waals surface area contributed by atoms with Crippen LogP contribution in [0.1, 0.15) is 132 Å². The Morgan fingerprint density at radius 2 is 1.38 bits per heavy atom. The van der Waals surface area contributed by atoms with Gasteiger partial charge in [-0.3, -0.25) is 38.5 Å². The summed E-state index contributed by atoms with van der Waals surface area (Å²) in [5.41, 5.74) is 2.79. The number of rotatable bonds is 13. The second-order valence-corrected chi connectivity index (χ2v) is 28.4. The molecule has 0 radical (unpaired) electrons. The highest BCUT2D eigenvalue weighted by Crippen LogP contribution is 2.41. The Morgan fingerprint density at radius 1 is 0.685 bits per heavy atom. The zero-order chi connectivity index (χ0) is 64.7.